The minimum atomic E-state index is 0.355. The first kappa shape index (κ1) is 15.1. The van der Waals surface area contributed by atoms with Crippen molar-refractivity contribution in [3.8, 4) is 6.07 Å². The molecule has 0 aliphatic carbocycles. The van der Waals surface area contributed by atoms with Gasteiger partial charge in [-0.15, -0.1) is 0 Å². The van der Waals surface area contributed by atoms with Gasteiger partial charge in [0.25, 0.3) is 0 Å². The van der Waals surface area contributed by atoms with E-state index in [1.165, 1.54) is 0 Å². The van der Waals surface area contributed by atoms with Gasteiger partial charge in [-0.25, -0.2) is 0 Å². The maximum absolute atomic E-state index is 8.80. The summed E-state index contributed by atoms with van der Waals surface area (Å²) in [5, 5.41) is 12.6. The third-order valence-corrected chi connectivity index (χ3v) is 3.57. The Bertz CT molecular complexity index is 467. The van der Waals surface area contributed by atoms with Crippen molar-refractivity contribution in [1.29, 1.82) is 5.26 Å². The fourth-order valence-electron chi connectivity index (χ4n) is 2.11. The number of rotatable bonds is 6. The predicted molar refractivity (Wildman–Crippen MR) is 79.1 cm³/mol. The molecular formula is C15H19ClN2O2. The van der Waals surface area contributed by atoms with Gasteiger partial charge in [-0.3, -0.25) is 0 Å². The van der Waals surface area contributed by atoms with Gasteiger partial charge in [-0.05, 0) is 37.5 Å². The van der Waals surface area contributed by atoms with Crippen molar-refractivity contribution in [3.63, 3.8) is 0 Å². The number of nitriles is 1. The van der Waals surface area contributed by atoms with E-state index >= 15 is 0 Å². The summed E-state index contributed by atoms with van der Waals surface area (Å²) in [6.07, 6.45) is 3.29. The van der Waals surface area contributed by atoms with Crippen molar-refractivity contribution in [2.24, 2.45) is 0 Å². The molecule has 0 aromatic heterocycles. The number of nitrogens with zero attached hydrogens (tertiary/aromatic N) is 1. The van der Waals surface area contributed by atoms with E-state index in [1.54, 1.807) is 12.1 Å². The van der Waals surface area contributed by atoms with Gasteiger partial charge in [0.2, 0.25) is 0 Å². The van der Waals surface area contributed by atoms with Crippen LogP contribution in [0.4, 0.5) is 5.69 Å². The Hall–Kier alpha value is -1.28. The zero-order valence-electron chi connectivity index (χ0n) is 11.4. The van der Waals surface area contributed by atoms with Gasteiger partial charge in [0, 0.05) is 32.1 Å². The smallest absolute Gasteiger partial charge is 0.101 e. The van der Waals surface area contributed by atoms with Crippen LogP contribution >= 0.6 is 11.6 Å². The van der Waals surface area contributed by atoms with Crippen LogP contribution in [0.5, 0.6) is 0 Å². The summed E-state index contributed by atoms with van der Waals surface area (Å²) in [4.78, 5) is 0. The highest BCUT2D eigenvalue weighted by molar-refractivity contribution is 6.32. The molecule has 1 fully saturated rings. The molecular weight excluding hydrogens is 276 g/mol. The minimum Gasteiger partial charge on any atom is -0.385 e. The Morgan fingerprint density at radius 1 is 1.40 bits per heavy atom. The van der Waals surface area contributed by atoms with Gasteiger partial charge in [0.15, 0.2) is 0 Å². The molecule has 1 aromatic carbocycles. The van der Waals surface area contributed by atoms with E-state index in [9.17, 15) is 0 Å². The molecule has 108 valence electrons. The lowest BCUT2D eigenvalue weighted by molar-refractivity contribution is -0.0316. The van der Waals surface area contributed by atoms with E-state index in [2.05, 4.69) is 5.32 Å². The van der Waals surface area contributed by atoms with Crippen LogP contribution in [-0.2, 0) is 9.47 Å². The first-order valence-electron chi connectivity index (χ1n) is 6.92. The molecule has 0 saturated carbocycles. The number of halogens is 1. The number of anilines is 1. The maximum atomic E-state index is 8.80. The van der Waals surface area contributed by atoms with E-state index in [0.717, 1.165) is 51.3 Å². The highest BCUT2D eigenvalue weighted by Crippen LogP contribution is 2.20. The van der Waals surface area contributed by atoms with E-state index in [4.69, 9.17) is 26.3 Å². The van der Waals surface area contributed by atoms with Crippen LogP contribution in [0.25, 0.3) is 0 Å². The second-order valence-corrected chi connectivity index (χ2v) is 5.18. The van der Waals surface area contributed by atoms with Crippen LogP contribution < -0.4 is 5.32 Å². The molecule has 20 heavy (non-hydrogen) atoms. The standard InChI is InChI=1S/C15H19ClN2O2/c16-15-10-13(3-2-12(15)11-17)18-6-1-7-20-14-4-8-19-9-5-14/h2-3,10,14,18H,1,4-9H2. The summed E-state index contributed by atoms with van der Waals surface area (Å²) in [7, 11) is 0. The first-order chi connectivity index (χ1) is 9.79. The van der Waals surface area contributed by atoms with Gasteiger partial charge < -0.3 is 14.8 Å². The number of hydrogen-bond acceptors (Lipinski definition) is 4. The molecule has 5 heteroatoms. The molecule has 1 saturated heterocycles. The van der Waals surface area contributed by atoms with Gasteiger partial charge in [0.1, 0.15) is 6.07 Å². The number of hydrogen-bond donors (Lipinski definition) is 1. The summed E-state index contributed by atoms with van der Waals surface area (Å²) >= 11 is 5.97. The lowest BCUT2D eigenvalue weighted by Crippen LogP contribution is -2.24. The largest absolute Gasteiger partial charge is 0.385 e. The molecule has 0 unspecified atom stereocenters. The summed E-state index contributed by atoms with van der Waals surface area (Å²) in [5.41, 5.74) is 1.43. The van der Waals surface area contributed by atoms with E-state index in [1.807, 2.05) is 12.1 Å². The van der Waals surface area contributed by atoms with E-state index in [0.29, 0.717) is 16.7 Å². The van der Waals surface area contributed by atoms with Gasteiger partial charge in [-0.1, -0.05) is 11.6 Å². The SMILES string of the molecule is N#Cc1ccc(NCCCOC2CCOCC2)cc1Cl. The van der Waals surface area contributed by atoms with Crippen LogP contribution in [0.1, 0.15) is 24.8 Å². The Morgan fingerprint density at radius 3 is 2.90 bits per heavy atom. The van der Waals surface area contributed by atoms with Crippen LogP contribution in [0, 0.1) is 11.3 Å². The summed E-state index contributed by atoms with van der Waals surface area (Å²) in [5.74, 6) is 0. The van der Waals surface area contributed by atoms with Crippen LogP contribution in [0.2, 0.25) is 5.02 Å². The Morgan fingerprint density at radius 2 is 2.20 bits per heavy atom. The number of benzene rings is 1. The highest BCUT2D eigenvalue weighted by Gasteiger charge is 2.13. The van der Waals surface area contributed by atoms with Crippen molar-refractivity contribution in [2.75, 3.05) is 31.7 Å². The molecule has 1 N–H and O–H groups in total. The fraction of sp³-hybridized carbons (Fsp3) is 0.533. The molecule has 1 heterocycles. The third-order valence-electron chi connectivity index (χ3n) is 3.26. The normalized spacial score (nSPS) is 15.8. The fourth-order valence-corrected chi connectivity index (χ4v) is 2.34. The van der Waals surface area contributed by atoms with Crippen molar-refractivity contribution >= 4 is 17.3 Å². The van der Waals surface area contributed by atoms with Gasteiger partial charge in [-0.2, -0.15) is 5.26 Å². The quantitative estimate of drug-likeness (QED) is 0.819. The Labute approximate surface area is 124 Å². The second kappa shape index (κ2) is 8.11. The zero-order valence-corrected chi connectivity index (χ0v) is 12.2. The van der Waals surface area contributed by atoms with Crippen molar-refractivity contribution in [3.05, 3.63) is 28.8 Å². The van der Waals surface area contributed by atoms with E-state index < -0.39 is 0 Å². The molecule has 0 bridgehead atoms. The zero-order chi connectivity index (χ0) is 14.2. The number of nitrogens with one attached hydrogen (secondary N) is 1. The topological polar surface area (TPSA) is 54.3 Å². The van der Waals surface area contributed by atoms with Crippen molar-refractivity contribution < 1.29 is 9.47 Å². The Balaban J connectivity index is 1.63. The minimum absolute atomic E-state index is 0.355. The molecule has 0 amide bonds. The maximum Gasteiger partial charge on any atom is 0.101 e. The van der Waals surface area contributed by atoms with Gasteiger partial charge in [0.05, 0.1) is 16.7 Å². The van der Waals surface area contributed by atoms with Crippen LogP contribution in [-0.4, -0.2) is 32.5 Å². The average molecular weight is 295 g/mol. The molecule has 2 rings (SSSR count). The molecule has 0 radical (unpaired) electrons. The molecule has 1 aromatic rings. The lowest BCUT2D eigenvalue weighted by Gasteiger charge is -2.22. The third kappa shape index (κ3) is 4.68. The number of ether oxygens (including phenoxy) is 2. The lowest BCUT2D eigenvalue weighted by atomic mass is 10.1. The second-order valence-electron chi connectivity index (χ2n) is 4.77. The predicted octanol–water partition coefficient (Wildman–Crippen LogP) is 3.21. The molecule has 0 atom stereocenters. The Kier molecular flexibility index (Phi) is 6.13. The van der Waals surface area contributed by atoms with Crippen molar-refractivity contribution in [1.82, 2.24) is 0 Å². The van der Waals surface area contributed by atoms with Gasteiger partial charge >= 0.3 is 0 Å². The summed E-state index contributed by atoms with van der Waals surface area (Å²) in [6, 6.07) is 7.41. The van der Waals surface area contributed by atoms with Crippen molar-refractivity contribution in [2.45, 2.75) is 25.4 Å². The average Bonchev–Trinajstić information content (AvgIpc) is 2.48. The first-order valence-corrected chi connectivity index (χ1v) is 7.30. The molecule has 0 spiro atoms. The molecule has 1 aliphatic heterocycles. The van der Waals surface area contributed by atoms with Crippen LogP contribution in [0.3, 0.4) is 0 Å². The monoisotopic (exact) mass is 294 g/mol. The molecule has 4 nitrogen and oxygen atoms in total. The summed E-state index contributed by atoms with van der Waals surface area (Å²) in [6.45, 7) is 3.20. The van der Waals surface area contributed by atoms with Crippen LogP contribution in [0.15, 0.2) is 18.2 Å². The highest BCUT2D eigenvalue weighted by atomic mass is 35.5. The van der Waals surface area contributed by atoms with E-state index in [-0.39, 0.29) is 0 Å². The molecule has 1 aliphatic rings. The summed E-state index contributed by atoms with van der Waals surface area (Å²) < 4.78 is 11.1.